The van der Waals surface area contributed by atoms with Crippen molar-refractivity contribution in [3.63, 3.8) is 0 Å². The van der Waals surface area contributed by atoms with Gasteiger partial charge in [-0.25, -0.2) is 0 Å². The fourth-order valence-electron chi connectivity index (χ4n) is 3.20. The summed E-state index contributed by atoms with van der Waals surface area (Å²) >= 11 is 0. The molecule has 0 aliphatic rings. The number of para-hydroxylation sites is 1. The molecule has 6 nitrogen and oxygen atoms in total. The third kappa shape index (κ3) is 3.25. The highest BCUT2D eigenvalue weighted by atomic mass is 16.6. The van der Waals surface area contributed by atoms with Crippen LogP contribution in [-0.4, -0.2) is 14.6 Å². The third-order valence-electron chi connectivity index (χ3n) is 4.47. The molecule has 0 fully saturated rings. The SMILES string of the molecule is Cc1noc(/C=C/c2cn(Cc3ccccc3)c3ccccc23)c1[N+](=O)[O-]. The Morgan fingerprint density at radius 3 is 2.63 bits per heavy atom. The third-order valence-corrected chi connectivity index (χ3v) is 4.47. The molecule has 0 N–H and O–H groups in total. The fourth-order valence-corrected chi connectivity index (χ4v) is 3.20. The van der Waals surface area contributed by atoms with E-state index in [9.17, 15) is 10.1 Å². The lowest BCUT2D eigenvalue weighted by molar-refractivity contribution is -0.386. The normalized spacial score (nSPS) is 11.4. The highest BCUT2D eigenvalue weighted by Gasteiger charge is 2.22. The van der Waals surface area contributed by atoms with Gasteiger partial charge in [-0.1, -0.05) is 53.7 Å². The van der Waals surface area contributed by atoms with Gasteiger partial charge in [-0.15, -0.1) is 0 Å². The topological polar surface area (TPSA) is 74.1 Å². The summed E-state index contributed by atoms with van der Waals surface area (Å²) in [6, 6.07) is 18.3. The minimum absolute atomic E-state index is 0.0979. The summed E-state index contributed by atoms with van der Waals surface area (Å²) in [4.78, 5) is 10.7. The number of hydrogen-bond donors (Lipinski definition) is 0. The first-order valence-corrected chi connectivity index (χ1v) is 8.54. The van der Waals surface area contributed by atoms with Gasteiger partial charge >= 0.3 is 5.69 Å². The summed E-state index contributed by atoms with van der Waals surface area (Å²) in [6.45, 7) is 2.31. The molecule has 0 bridgehead atoms. The molecule has 0 saturated heterocycles. The van der Waals surface area contributed by atoms with Crippen molar-refractivity contribution >= 4 is 28.7 Å². The zero-order chi connectivity index (χ0) is 18.8. The van der Waals surface area contributed by atoms with E-state index in [1.165, 1.54) is 5.56 Å². The minimum Gasteiger partial charge on any atom is -0.349 e. The molecular weight excluding hydrogens is 342 g/mol. The predicted molar refractivity (Wildman–Crippen MR) is 104 cm³/mol. The van der Waals surface area contributed by atoms with Crippen molar-refractivity contribution in [2.24, 2.45) is 0 Å². The van der Waals surface area contributed by atoms with E-state index < -0.39 is 4.92 Å². The fraction of sp³-hybridized carbons (Fsp3) is 0.0952. The molecule has 0 aliphatic heterocycles. The number of rotatable bonds is 5. The highest BCUT2D eigenvalue weighted by molar-refractivity contribution is 5.92. The minimum atomic E-state index is -0.468. The standard InChI is InChI=1S/C21H17N3O3/c1-15-21(24(25)26)20(27-22-15)12-11-17-14-23(13-16-7-3-2-4-8-16)19-10-6-5-9-18(17)19/h2-12,14H,13H2,1H3/b12-11+. The Balaban J connectivity index is 1.74. The molecular formula is C21H17N3O3. The van der Waals surface area contributed by atoms with Gasteiger partial charge in [-0.05, 0) is 30.7 Å². The summed E-state index contributed by atoms with van der Waals surface area (Å²) in [5.74, 6) is 0.150. The molecule has 0 atom stereocenters. The number of hydrogen-bond acceptors (Lipinski definition) is 4. The summed E-state index contributed by atoms with van der Waals surface area (Å²) in [5, 5.41) is 16.0. The molecule has 0 aliphatic carbocycles. The van der Waals surface area contributed by atoms with E-state index in [1.54, 1.807) is 13.0 Å². The number of fused-ring (bicyclic) bond motifs is 1. The maximum Gasteiger partial charge on any atom is 0.338 e. The van der Waals surface area contributed by atoms with Gasteiger partial charge < -0.3 is 9.09 Å². The van der Waals surface area contributed by atoms with Crippen molar-refractivity contribution in [2.75, 3.05) is 0 Å². The summed E-state index contributed by atoms with van der Waals surface area (Å²) in [6.07, 6.45) is 5.48. The summed E-state index contributed by atoms with van der Waals surface area (Å²) in [5.41, 5.74) is 3.44. The molecule has 2 aromatic heterocycles. The summed E-state index contributed by atoms with van der Waals surface area (Å²) in [7, 11) is 0. The highest BCUT2D eigenvalue weighted by Crippen LogP contribution is 2.27. The van der Waals surface area contributed by atoms with Crippen molar-refractivity contribution < 1.29 is 9.45 Å². The van der Waals surface area contributed by atoms with E-state index in [0.29, 0.717) is 0 Å². The van der Waals surface area contributed by atoms with Gasteiger partial charge in [-0.2, -0.15) is 0 Å². The second-order valence-electron chi connectivity index (χ2n) is 6.29. The quantitative estimate of drug-likeness (QED) is 0.368. The molecule has 6 heteroatoms. The van der Waals surface area contributed by atoms with Gasteiger partial charge in [0.1, 0.15) is 0 Å². The molecule has 0 unspecified atom stereocenters. The maximum absolute atomic E-state index is 11.2. The van der Waals surface area contributed by atoms with E-state index in [2.05, 4.69) is 27.9 Å². The van der Waals surface area contributed by atoms with Crippen molar-refractivity contribution in [3.05, 3.63) is 93.5 Å². The Labute approximate surface area is 155 Å². The van der Waals surface area contributed by atoms with Gasteiger partial charge in [0.2, 0.25) is 5.76 Å². The monoisotopic (exact) mass is 359 g/mol. The molecule has 0 saturated carbocycles. The Hall–Kier alpha value is -3.67. The molecule has 0 spiro atoms. The number of aromatic nitrogens is 2. The van der Waals surface area contributed by atoms with Crippen LogP contribution in [0.4, 0.5) is 5.69 Å². The first kappa shape index (κ1) is 16.8. The first-order valence-electron chi connectivity index (χ1n) is 8.54. The lowest BCUT2D eigenvalue weighted by atomic mass is 10.1. The Bertz CT molecular complexity index is 1140. The first-order chi connectivity index (χ1) is 13.1. The van der Waals surface area contributed by atoms with Crippen LogP contribution >= 0.6 is 0 Å². The van der Waals surface area contributed by atoms with Gasteiger partial charge in [-0.3, -0.25) is 10.1 Å². The van der Waals surface area contributed by atoms with Crippen LogP contribution in [0, 0.1) is 17.0 Å². The van der Waals surface area contributed by atoms with Crippen LogP contribution in [0.25, 0.3) is 23.1 Å². The Kier molecular flexibility index (Phi) is 4.30. The molecule has 4 aromatic rings. The van der Waals surface area contributed by atoms with E-state index >= 15 is 0 Å². The Morgan fingerprint density at radius 2 is 1.85 bits per heavy atom. The van der Waals surface area contributed by atoms with E-state index in [1.807, 2.05) is 48.7 Å². The number of nitro groups is 1. The van der Waals surface area contributed by atoms with Crippen molar-refractivity contribution in [1.29, 1.82) is 0 Å². The molecule has 4 rings (SSSR count). The number of aryl methyl sites for hydroxylation is 1. The van der Waals surface area contributed by atoms with E-state index in [0.717, 1.165) is 23.0 Å². The van der Waals surface area contributed by atoms with Crippen LogP contribution in [-0.2, 0) is 6.54 Å². The van der Waals surface area contributed by atoms with Gasteiger partial charge in [0.25, 0.3) is 0 Å². The average molecular weight is 359 g/mol. The van der Waals surface area contributed by atoms with Crippen LogP contribution in [0.1, 0.15) is 22.6 Å². The van der Waals surface area contributed by atoms with Crippen molar-refractivity contribution in [3.8, 4) is 0 Å². The second-order valence-corrected chi connectivity index (χ2v) is 6.29. The second kappa shape index (κ2) is 6.92. The van der Waals surface area contributed by atoms with Crippen LogP contribution in [0.2, 0.25) is 0 Å². The molecule has 2 heterocycles. The number of benzene rings is 2. The van der Waals surface area contributed by atoms with Crippen LogP contribution in [0.3, 0.4) is 0 Å². The van der Waals surface area contributed by atoms with Gasteiger partial charge in [0, 0.05) is 29.2 Å². The molecule has 0 radical (unpaired) electrons. The van der Waals surface area contributed by atoms with Crippen LogP contribution in [0.15, 0.2) is 65.3 Å². The van der Waals surface area contributed by atoms with Crippen molar-refractivity contribution in [2.45, 2.75) is 13.5 Å². The van der Waals surface area contributed by atoms with Crippen LogP contribution < -0.4 is 0 Å². The van der Waals surface area contributed by atoms with Gasteiger partial charge in [0.05, 0.1) is 4.92 Å². The lowest BCUT2D eigenvalue weighted by Crippen LogP contribution is -1.97. The molecule has 0 amide bonds. The lowest BCUT2D eigenvalue weighted by Gasteiger charge is -2.05. The molecule has 2 aromatic carbocycles. The van der Waals surface area contributed by atoms with Crippen molar-refractivity contribution in [1.82, 2.24) is 9.72 Å². The van der Waals surface area contributed by atoms with Crippen LogP contribution in [0.5, 0.6) is 0 Å². The van der Waals surface area contributed by atoms with E-state index in [4.69, 9.17) is 4.52 Å². The smallest absolute Gasteiger partial charge is 0.338 e. The van der Waals surface area contributed by atoms with Gasteiger partial charge in [0.15, 0.2) is 5.69 Å². The zero-order valence-electron chi connectivity index (χ0n) is 14.7. The number of nitrogens with zero attached hydrogens (tertiary/aromatic N) is 3. The Morgan fingerprint density at radius 1 is 1.11 bits per heavy atom. The molecule has 27 heavy (non-hydrogen) atoms. The zero-order valence-corrected chi connectivity index (χ0v) is 14.7. The largest absolute Gasteiger partial charge is 0.349 e. The van der Waals surface area contributed by atoms with E-state index in [-0.39, 0.29) is 17.1 Å². The predicted octanol–water partition coefficient (Wildman–Crippen LogP) is 5.06. The maximum atomic E-state index is 11.2. The average Bonchev–Trinajstić information content (AvgIpc) is 3.22. The molecule has 134 valence electrons. The summed E-state index contributed by atoms with van der Waals surface area (Å²) < 4.78 is 7.28.